The molecule has 7 heteroatoms. The maximum Gasteiger partial charge on any atom is 0.251 e. The molecule has 0 spiro atoms. The third-order valence-corrected chi connectivity index (χ3v) is 9.26. The van der Waals surface area contributed by atoms with E-state index in [0.717, 1.165) is 37.0 Å². The average molecular weight is 433 g/mol. The van der Waals surface area contributed by atoms with Gasteiger partial charge in [-0.15, -0.1) is 0 Å². The summed E-state index contributed by atoms with van der Waals surface area (Å²) in [5.41, 5.74) is 0.780. The number of hydrogen-bond donors (Lipinski definition) is 2. The summed E-state index contributed by atoms with van der Waals surface area (Å²) in [6.45, 7) is 0.652. The molecule has 5 fully saturated rings. The molecule has 5 aliphatic rings. The van der Waals surface area contributed by atoms with E-state index in [1.807, 2.05) is 0 Å². The highest BCUT2D eigenvalue weighted by atomic mass is 32.2. The van der Waals surface area contributed by atoms with E-state index in [9.17, 15) is 13.2 Å². The van der Waals surface area contributed by atoms with Crippen LogP contribution in [0.3, 0.4) is 0 Å². The standard InChI is InChI=1S/C23H32N2O4S/c1-29-20-5-2-18(11-21(20)30(27,28)25-19-3-4-19)22(26)24-7-6-23-12-15-8-16(13-23)10-17(9-15)14-23/h2,5,11,15-17,19,25H,3-4,6-10,12-14H2,1H3,(H,24,26). The van der Waals surface area contributed by atoms with Crippen molar-refractivity contribution in [1.29, 1.82) is 0 Å². The van der Waals surface area contributed by atoms with Gasteiger partial charge >= 0.3 is 0 Å². The van der Waals surface area contributed by atoms with Crippen LogP contribution < -0.4 is 14.8 Å². The minimum Gasteiger partial charge on any atom is -0.495 e. The van der Waals surface area contributed by atoms with E-state index >= 15 is 0 Å². The molecule has 0 heterocycles. The molecule has 5 aliphatic carbocycles. The summed E-state index contributed by atoms with van der Waals surface area (Å²) in [6, 6.07) is 4.63. The van der Waals surface area contributed by atoms with Crippen molar-refractivity contribution in [3.05, 3.63) is 23.8 Å². The number of carbonyl (C=O) groups excluding carboxylic acids is 1. The van der Waals surface area contributed by atoms with Crippen LogP contribution in [-0.4, -0.2) is 34.0 Å². The summed E-state index contributed by atoms with van der Waals surface area (Å²) < 4.78 is 33.3. The van der Waals surface area contributed by atoms with Gasteiger partial charge in [-0.3, -0.25) is 4.79 Å². The van der Waals surface area contributed by atoms with Gasteiger partial charge < -0.3 is 10.1 Å². The maximum absolute atomic E-state index is 12.8. The summed E-state index contributed by atoms with van der Waals surface area (Å²) in [4.78, 5) is 12.8. The molecular weight excluding hydrogens is 400 g/mol. The number of amides is 1. The van der Waals surface area contributed by atoms with Gasteiger partial charge in [0.1, 0.15) is 10.6 Å². The Morgan fingerprint density at radius 3 is 2.30 bits per heavy atom. The quantitative estimate of drug-likeness (QED) is 0.659. The number of ether oxygens (including phenoxy) is 1. The molecule has 0 aliphatic heterocycles. The SMILES string of the molecule is COc1ccc(C(=O)NCCC23CC4CC(CC(C4)C2)C3)cc1S(=O)(=O)NC1CC1. The lowest BCUT2D eigenvalue weighted by Crippen LogP contribution is -2.47. The largest absolute Gasteiger partial charge is 0.495 e. The van der Waals surface area contributed by atoms with Gasteiger partial charge in [-0.25, -0.2) is 13.1 Å². The second kappa shape index (κ2) is 7.52. The van der Waals surface area contributed by atoms with Crippen molar-refractivity contribution in [2.24, 2.45) is 23.2 Å². The lowest BCUT2D eigenvalue weighted by Gasteiger charge is -2.57. The zero-order valence-electron chi connectivity index (χ0n) is 17.7. The Bertz CT molecular complexity index is 903. The topological polar surface area (TPSA) is 84.5 Å². The Morgan fingerprint density at radius 1 is 1.10 bits per heavy atom. The van der Waals surface area contributed by atoms with Gasteiger partial charge in [-0.1, -0.05) is 0 Å². The molecule has 6 nitrogen and oxygen atoms in total. The van der Waals surface area contributed by atoms with E-state index in [-0.39, 0.29) is 22.6 Å². The lowest BCUT2D eigenvalue weighted by atomic mass is 9.49. The van der Waals surface area contributed by atoms with Crippen molar-refractivity contribution in [2.45, 2.75) is 68.7 Å². The van der Waals surface area contributed by atoms with Crippen LogP contribution in [-0.2, 0) is 10.0 Å². The third kappa shape index (κ3) is 3.98. The van der Waals surface area contributed by atoms with Crippen LogP contribution in [0, 0.1) is 23.2 Å². The first-order valence-corrected chi connectivity index (χ1v) is 12.8. The Hall–Kier alpha value is -1.60. The van der Waals surface area contributed by atoms with Crippen molar-refractivity contribution in [3.8, 4) is 5.75 Å². The van der Waals surface area contributed by atoms with E-state index in [0.29, 0.717) is 17.5 Å². The van der Waals surface area contributed by atoms with Crippen LogP contribution in [0.25, 0.3) is 0 Å². The smallest absolute Gasteiger partial charge is 0.251 e. The van der Waals surface area contributed by atoms with E-state index < -0.39 is 10.0 Å². The molecule has 6 rings (SSSR count). The molecule has 5 saturated carbocycles. The number of carbonyl (C=O) groups is 1. The number of hydrogen-bond acceptors (Lipinski definition) is 4. The number of benzene rings is 1. The molecule has 1 aromatic rings. The molecule has 1 amide bonds. The second-order valence-corrected chi connectivity index (χ2v) is 11.9. The molecule has 0 atom stereocenters. The molecule has 0 unspecified atom stereocenters. The van der Waals surface area contributed by atoms with Crippen molar-refractivity contribution in [1.82, 2.24) is 10.0 Å². The number of nitrogens with one attached hydrogen (secondary N) is 2. The van der Waals surface area contributed by atoms with Gasteiger partial charge in [0.25, 0.3) is 5.91 Å². The minimum absolute atomic E-state index is 0.00234. The van der Waals surface area contributed by atoms with Gasteiger partial charge in [-0.05, 0) is 99.2 Å². The third-order valence-electron chi connectivity index (χ3n) is 7.72. The Morgan fingerprint density at radius 2 is 1.73 bits per heavy atom. The van der Waals surface area contributed by atoms with Crippen LogP contribution in [0.15, 0.2) is 23.1 Å². The summed E-state index contributed by atoms with van der Waals surface area (Å²) in [6.07, 6.45) is 11.0. The summed E-state index contributed by atoms with van der Waals surface area (Å²) >= 11 is 0. The predicted molar refractivity (Wildman–Crippen MR) is 114 cm³/mol. The minimum atomic E-state index is -3.70. The zero-order valence-corrected chi connectivity index (χ0v) is 18.5. The van der Waals surface area contributed by atoms with Crippen molar-refractivity contribution < 1.29 is 17.9 Å². The number of rotatable bonds is 8. The molecular formula is C23H32N2O4S. The van der Waals surface area contributed by atoms with Gasteiger partial charge in [0, 0.05) is 18.2 Å². The van der Waals surface area contributed by atoms with Gasteiger partial charge in [0.15, 0.2) is 0 Å². The first-order chi connectivity index (χ1) is 14.4. The highest BCUT2D eigenvalue weighted by Gasteiger charge is 2.50. The molecule has 164 valence electrons. The second-order valence-electron chi connectivity index (χ2n) is 10.2. The summed E-state index contributed by atoms with van der Waals surface area (Å²) in [5, 5.41) is 3.05. The normalized spacial score (nSPS) is 32.2. The molecule has 4 bridgehead atoms. The fourth-order valence-corrected chi connectivity index (χ4v) is 8.15. The molecule has 0 aromatic heterocycles. The fourth-order valence-electron chi connectivity index (χ4n) is 6.65. The average Bonchev–Trinajstić information content (AvgIpc) is 3.49. The van der Waals surface area contributed by atoms with E-state index in [4.69, 9.17) is 4.74 Å². The first-order valence-electron chi connectivity index (χ1n) is 11.3. The Balaban J connectivity index is 1.24. The molecule has 0 radical (unpaired) electrons. The summed E-state index contributed by atoms with van der Waals surface area (Å²) in [5.74, 6) is 2.75. The van der Waals surface area contributed by atoms with Crippen LogP contribution in [0.5, 0.6) is 5.75 Å². The van der Waals surface area contributed by atoms with Crippen LogP contribution >= 0.6 is 0 Å². The maximum atomic E-state index is 12.8. The van der Waals surface area contributed by atoms with Crippen LogP contribution in [0.2, 0.25) is 0 Å². The van der Waals surface area contributed by atoms with Crippen molar-refractivity contribution in [3.63, 3.8) is 0 Å². The van der Waals surface area contributed by atoms with Crippen LogP contribution in [0.4, 0.5) is 0 Å². The first kappa shape index (κ1) is 20.3. The Labute approximate surface area is 179 Å². The van der Waals surface area contributed by atoms with Gasteiger partial charge in [0.05, 0.1) is 7.11 Å². The van der Waals surface area contributed by atoms with Gasteiger partial charge in [-0.2, -0.15) is 0 Å². The number of methoxy groups -OCH3 is 1. The predicted octanol–water partition coefficient (Wildman–Crippen LogP) is 3.47. The Kier molecular flexibility index (Phi) is 5.09. The molecule has 2 N–H and O–H groups in total. The zero-order chi connectivity index (χ0) is 20.9. The fraction of sp³-hybridized carbons (Fsp3) is 0.696. The molecule has 0 saturated heterocycles. The van der Waals surface area contributed by atoms with Crippen LogP contribution in [0.1, 0.15) is 68.1 Å². The molecule has 1 aromatic carbocycles. The highest BCUT2D eigenvalue weighted by Crippen LogP contribution is 2.61. The number of sulfonamides is 1. The summed E-state index contributed by atoms with van der Waals surface area (Å²) in [7, 11) is -2.26. The highest BCUT2D eigenvalue weighted by molar-refractivity contribution is 7.89. The van der Waals surface area contributed by atoms with E-state index in [1.165, 1.54) is 51.7 Å². The lowest BCUT2D eigenvalue weighted by molar-refractivity contribution is -0.0564. The van der Waals surface area contributed by atoms with E-state index in [2.05, 4.69) is 10.0 Å². The molecule has 30 heavy (non-hydrogen) atoms. The van der Waals surface area contributed by atoms with Gasteiger partial charge in [0.2, 0.25) is 10.0 Å². The monoisotopic (exact) mass is 432 g/mol. The van der Waals surface area contributed by atoms with Crippen molar-refractivity contribution in [2.75, 3.05) is 13.7 Å². The van der Waals surface area contributed by atoms with Crippen molar-refractivity contribution >= 4 is 15.9 Å². The van der Waals surface area contributed by atoms with E-state index in [1.54, 1.807) is 12.1 Å².